The van der Waals surface area contributed by atoms with Gasteiger partial charge < -0.3 is 14.2 Å². The molecule has 16 rings (SSSR count). The summed E-state index contributed by atoms with van der Waals surface area (Å²) >= 11 is 8.09. The summed E-state index contributed by atoms with van der Waals surface area (Å²) in [5, 5.41) is 2.34. The first-order valence-corrected chi connectivity index (χ1v) is 31.4. The molecular formula is C74H63ClN4O5S. The lowest BCUT2D eigenvalue weighted by Crippen LogP contribution is -2.50. The number of pyridine rings is 1. The molecule has 0 bridgehead atoms. The summed E-state index contributed by atoms with van der Waals surface area (Å²) in [6, 6.07) is 55.7. The quantitative estimate of drug-likeness (QED) is 0.0882. The SMILES string of the molecule is COC(=O)c1csc2c(-c3cc(Cl)ccc3OCCn3c(C)nc4c(c3=O)CC(N3CCC(OC(c5cccc6c5Cc5ccccc5-6)(c5cccc6c5Cc5ccccc5-6)c5cccc6c5Cc5ccccc5-6)CC3)CC43CC3)cc(C)nc12. The molecule has 1 aliphatic heterocycles. The van der Waals surface area contributed by atoms with Crippen LogP contribution < -0.4 is 10.3 Å². The predicted molar refractivity (Wildman–Crippen MR) is 338 cm³/mol. The number of benzene rings is 7. The van der Waals surface area contributed by atoms with Gasteiger partial charge in [-0.3, -0.25) is 19.2 Å². The molecule has 0 amide bonds. The number of carbonyl (C=O) groups is 1. The molecule has 1 saturated carbocycles. The second kappa shape index (κ2) is 20.3. The van der Waals surface area contributed by atoms with Crippen molar-refractivity contribution in [2.45, 2.75) is 101 Å². The lowest BCUT2D eigenvalue weighted by atomic mass is 9.72. The minimum Gasteiger partial charge on any atom is -0.491 e. The van der Waals surface area contributed by atoms with Crippen molar-refractivity contribution in [3.63, 3.8) is 0 Å². The van der Waals surface area contributed by atoms with Crippen LogP contribution in [0.25, 0.3) is 54.7 Å². The fourth-order valence-corrected chi connectivity index (χ4v) is 16.8. The van der Waals surface area contributed by atoms with Crippen LogP contribution in [0.3, 0.4) is 0 Å². The zero-order chi connectivity index (χ0) is 57.3. The molecule has 1 unspecified atom stereocenters. The number of rotatable bonds is 12. The molecule has 0 radical (unpaired) electrons. The number of thiophene rings is 1. The Morgan fingerprint density at radius 3 is 1.80 bits per heavy atom. The molecule has 3 aromatic heterocycles. The second-order valence-electron chi connectivity index (χ2n) is 24.4. The average Bonchev–Trinajstić information content (AvgIpc) is 1.98. The second-order valence-corrected chi connectivity index (χ2v) is 25.8. The number of hydrogen-bond donors (Lipinski definition) is 0. The molecule has 9 nitrogen and oxygen atoms in total. The number of ether oxygens (including phenoxy) is 3. The van der Waals surface area contributed by atoms with Gasteiger partial charge in [-0.2, -0.15) is 0 Å². The highest BCUT2D eigenvalue weighted by atomic mass is 35.5. The summed E-state index contributed by atoms with van der Waals surface area (Å²) in [7, 11) is 1.38. The highest BCUT2D eigenvalue weighted by Crippen LogP contribution is 2.57. The van der Waals surface area contributed by atoms with Crippen molar-refractivity contribution in [1.29, 1.82) is 0 Å². The van der Waals surface area contributed by atoms with E-state index in [0.717, 1.165) is 97.2 Å². The zero-order valence-electron chi connectivity index (χ0n) is 48.0. The minimum absolute atomic E-state index is 0.0365. The fourth-order valence-electron chi connectivity index (χ4n) is 15.7. The first-order chi connectivity index (χ1) is 41.6. The van der Waals surface area contributed by atoms with Crippen molar-refractivity contribution in [2.75, 3.05) is 26.8 Å². The van der Waals surface area contributed by atoms with Crippen LogP contribution in [0.1, 0.15) is 115 Å². The van der Waals surface area contributed by atoms with Crippen molar-refractivity contribution < 1.29 is 19.0 Å². The Morgan fingerprint density at radius 2 is 1.24 bits per heavy atom. The van der Waals surface area contributed by atoms with E-state index >= 15 is 4.79 Å². The van der Waals surface area contributed by atoms with Gasteiger partial charge in [0.15, 0.2) is 0 Å². The monoisotopic (exact) mass is 1150 g/mol. The predicted octanol–water partition coefficient (Wildman–Crippen LogP) is 15.2. The normalized spacial score (nSPS) is 17.0. The van der Waals surface area contributed by atoms with E-state index in [1.807, 2.05) is 42.7 Å². The largest absolute Gasteiger partial charge is 0.491 e. The van der Waals surface area contributed by atoms with Gasteiger partial charge in [-0.1, -0.05) is 139 Å². The molecule has 1 spiro atoms. The minimum atomic E-state index is -0.944. The number of aryl methyl sites for hydroxylation is 2. The summed E-state index contributed by atoms with van der Waals surface area (Å²) in [5.74, 6) is 0.902. The molecule has 4 heterocycles. The van der Waals surface area contributed by atoms with Gasteiger partial charge in [0.2, 0.25) is 0 Å². The standard InChI is InChI=1S/C74H63ClN4O5S/c1-43-35-61(69-68(76-43)63(42-85-69)72(81)82-3)60-39-48(75)25-26-67(60)83-34-33-79-44(2)77-70-62(71(79)80)40-49(41-73(70)29-30-73)78-31-27-50(28-32-78)84-74(64-22-10-19-54-51-16-7-4-13-45(51)36-57(54)64,65-23-11-20-55-52-17-8-5-14-46(52)37-58(55)65)66-24-12-21-56-53-18-9-6-15-47(53)38-59(56)66/h4-26,35,39,42,49-50H,27-34,36-38,40-41H2,1-3H3. The third-order valence-electron chi connectivity index (χ3n) is 19.8. The summed E-state index contributed by atoms with van der Waals surface area (Å²) in [5.41, 5.74) is 24.0. The van der Waals surface area contributed by atoms with Crippen LogP contribution in [0.2, 0.25) is 5.02 Å². The first kappa shape index (κ1) is 52.6. The lowest BCUT2D eigenvalue weighted by molar-refractivity contribution is -0.0777. The van der Waals surface area contributed by atoms with E-state index in [0.29, 0.717) is 40.6 Å². The molecule has 10 aromatic rings. The van der Waals surface area contributed by atoms with Crippen LogP contribution in [0.15, 0.2) is 162 Å². The van der Waals surface area contributed by atoms with Crippen molar-refractivity contribution in [2.24, 2.45) is 0 Å². The summed E-state index contributed by atoms with van der Waals surface area (Å²) in [6.45, 7) is 6.17. The molecule has 0 N–H and O–H groups in total. The van der Waals surface area contributed by atoms with Gasteiger partial charge in [-0.15, -0.1) is 11.3 Å². The Kier molecular flexibility index (Phi) is 12.6. The smallest absolute Gasteiger partial charge is 0.340 e. The van der Waals surface area contributed by atoms with E-state index in [1.165, 1.54) is 102 Å². The van der Waals surface area contributed by atoms with Crippen LogP contribution >= 0.6 is 22.9 Å². The fraction of sp³-hybridized carbons (Fsp3) is 0.270. The number of piperidine rings is 1. The third kappa shape index (κ3) is 8.45. The van der Waals surface area contributed by atoms with Crippen LogP contribution in [0.5, 0.6) is 5.75 Å². The number of methoxy groups -OCH3 is 1. The van der Waals surface area contributed by atoms with Gasteiger partial charge in [0.25, 0.3) is 5.56 Å². The van der Waals surface area contributed by atoms with Gasteiger partial charge in [0.05, 0.1) is 41.2 Å². The molecule has 85 heavy (non-hydrogen) atoms. The van der Waals surface area contributed by atoms with Gasteiger partial charge in [-0.25, -0.2) is 9.78 Å². The van der Waals surface area contributed by atoms with E-state index in [-0.39, 0.29) is 29.7 Å². The topological polar surface area (TPSA) is 95.8 Å². The average molecular weight is 1160 g/mol. The molecule has 1 atom stereocenters. The molecule has 5 aliphatic carbocycles. The van der Waals surface area contributed by atoms with E-state index in [4.69, 9.17) is 35.8 Å². The number of aromatic nitrogens is 3. The number of hydrogen-bond acceptors (Lipinski definition) is 9. The molecule has 11 heteroatoms. The number of fused-ring (bicyclic) bond motifs is 12. The number of halogens is 1. The zero-order valence-corrected chi connectivity index (χ0v) is 49.5. The summed E-state index contributed by atoms with van der Waals surface area (Å²) < 4.78 is 22.8. The number of likely N-dealkylation sites (tertiary alicyclic amines) is 1. The highest BCUT2D eigenvalue weighted by Gasteiger charge is 2.54. The first-order valence-electron chi connectivity index (χ1n) is 30.1. The van der Waals surface area contributed by atoms with E-state index < -0.39 is 11.6 Å². The highest BCUT2D eigenvalue weighted by molar-refractivity contribution is 7.18. The Labute approximate surface area is 503 Å². The van der Waals surface area contributed by atoms with Crippen molar-refractivity contribution in [3.8, 4) is 50.3 Å². The number of nitrogens with zero attached hydrogens (tertiary/aromatic N) is 4. The van der Waals surface area contributed by atoms with Gasteiger partial charge in [0, 0.05) is 57.3 Å². The Balaban J connectivity index is 0.719. The van der Waals surface area contributed by atoms with Gasteiger partial charge in [0.1, 0.15) is 23.8 Å². The number of carbonyl (C=O) groups excluding carboxylic acids is 1. The maximum Gasteiger partial charge on any atom is 0.340 e. The Hall–Kier alpha value is -7.99. The lowest BCUT2D eigenvalue weighted by Gasteiger charge is -2.46. The summed E-state index contributed by atoms with van der Waals surface area (Å²) in [6.07, 6.45) is 7.97. The van der Waals surface area contributed by atoms with Crippen LogP contribution in [-0.2, 0) is 52.7 Å². The molecule has 422 valence electrons. The van der Waals surface area contributed by atoms with Crippen molar-refractivity contribution in [1.82, 2.24) is 19.4 Å². The molecule has 1 saturated heterocycles. The van der Waals surface area contributed by atoms with Crippen molar-refractivity contribution >= 4 is 39.1 Å². The molecule has 2 fully saturated rings. The maximum atomic E-state index is 15.1. The Bertz CT molecular complexity index is 4260. The van der Waals surface area contributed by atoms with Crippen molar-refractivity contribution in [3.05, 3.63) is 251 Å². The Morgan fingerprint density at radius 1 is 0.671 bits per heavy atom. The summed E-state index contributed by atoms with van der Waals surface area (Å²) in [4.78, 5) is 40.5. The van der Waals surface area contributed by atoms with Crippen LogP contribution in [0, 0.1) is 13.8 Å². The molecule has 6 aliphatic rings. The van der Waals surface area contributed by atoms with E-state index in [1.54, 1.807) is 5.38 Å². The third-order valence-corrected chi connectivity index (χ3v) is 21.0. The van der Waals surface area contributed by atoms with Gasteiger partial charge in [-0.05, 0) is 179 Å². The molecule has 7 aromatic carbocycles. The number of esters is 1. The van der Waals surface area contributed by atoms with E-state index in [9.17, 15) is 4.79 Å². The maximum absolute atomic E-state index is 15.1. The van der Waals surface area contributed by atoms with Gasteiger partial charge >= 0.3 is 5.97 Å². The molecular weight excluding hydrogens is 1090 g/mol. The van der Waals surface area contributed by atoms with E-state index in [2.05, 4.69) is 132 Å². The van der Waals surface area contributed by atoms with Crippen LogP contribution in [-0.4, -0.2) is 64.4 Å². The van der Waals surface area contributed by atoms with Crippen LogP contribution in [0.4, 0.5) is 0 Å².